The molecule has 114 valence electrons. The smallest absolute Gasteiger partial charge is 0.406 e. The minimum absolute atomic E-state index is 0.172. The summed E-state index contributed by atoms with van der Waals surface area (Å²) in [7, 11) is 0. The molecule has 0 saturated heterocycles. The molecule has 0 heterocycles. The van der Waals surface area contributed by atoms with Crippen molar-refractivity contribution in [1.82, 2.24) is 0 Å². The number of rotatable bonds is 5. The average molecular weight is 353 g/mol. The second-order valence-electron chi connectivity index (χ2n) is 5.92. The summed E-state index contributed by atoms with van der Waals surface area (Å²) in [4.78, 5) is 0.433. The quantitative estimate of drug-likeness (QED) is 0.616. The van der Waals surface area contributed by atoms with Crippen LogP contribution in [0.2, 0.25) is 0 Å². The molecule has 0 radical (unpaired) electrons. The van der Waals surface area contributed by atoms with E-state index in [0.29, 0.717) is 4.83 Å². The molecule has 0 saturated carbocycles. The van der Waals surface area contributed by atoms with Crippen molar-refractivity contribution in [2.75, 3.05) is 0 Å². The summed E-state index contributed by atoms with van der Waals surface area (Å²) in [6.45, 7) is 6.53. The predicted molar refractivity (Wildman–Crippen MR) is 78.2 cm³/mol. The van der Waals surface area contributed by atoms with Gasteiger partial charge in [-0.3, -0.25) is 0 Å². The van der Waals surface area contributed by atoms with Crippen LogP contribution in [0.1, 0.15) is 39.2 Å². The molecule has 1 aromatic carbocycles. The van der Waals surface area contributed by atoms with Gasteiger partial charge in [-0.2, -0.15) is 0 Å². The lowest BCUT2D eigenvalue weighted by Gasteiger charge is -2.25. The van der Waals surface area contributed by atoms with Crippen molar-refractivity contribution < 1.29 is 17.9 Å². The van der Waals surface area contributed by atoms with Crippen LogP contribution in [0.4, 0.5) is 13.2 Å². The van der Waals surface area contributed by atoms with E-state index < -0.39 is 6.36 Å². The van der Waals surface area contributed by atoms with Gasteiger partial charge in [0.25, 0.3) is 0 Å². The first-order chi connectivity index (χ1) is 9.08. The van der Waals surface area contributed by atoms with Gasteiger partial charge in [0.2, 0.25) is 0 Å². The zero-order valence-electron chi connectivity index (χ0n) is 11.9. The van der Waals surface area contributed by atoms with Gasteiger partial charge in [0.05, 0.1) is 0 Å². The Hall–Kier alpha value is -0.710. The van der Waals surface area contributed by atoms with Crippen molar-refractivity contribution in [2.24, 2.45) is 5.41 Å². The molecule has 0 bridgehead atoms. The molecule has 5 heteroatoms. The van der Waals surface area contributed by atoms with Crippen LogP contribution >= 0.6 is 15.9 Å². The SMILES string of the molecule is CC(C)(C)C(Br)CCCc1ccc(OC(F)(F)F)cc1. The van der Waals surface area contributed by atoms with E-state index in [4.69, 9.17) is 0 Å². The van der Waals surface area contributed by atoms with E-state index in [1.165, 1.54) is 12.1 Å². The van der Waals surface area contributed by atoms with Crippen LogP contribution in [0, 0.1) is 5.41 Å². The summed E-state index contributed by atoms with van der Waals surface area (Å²) in [5.41, 5.74) is 1.23. The van der Waals surface area contributed by atoms with Gasteiger partial charge in [-0.15, -0.1) is 13.2 Å². The molecule has 1 unspecified atom stereocenters. The van der Waals surface area contributed by atoms with Crippen LogP contribution in [0.5, 0.6) is 5.75 Å². The number of aryl methyl sites for hydroxylation is 1. The minimum atomic E-state index is -4.63. The van der Waals surface area contributed by atoms with Crippen LogP contribution in [0.25, 0.3) is 0 Å². The normalized spacial score (nSPS) is 14.2. The summed E-state index contributed by atoms with van der Waals surface area (Å²) >= 11 is 3.67. The fraction of sp³-hybridized carbons (Fsp3) is 0.600. The zero-order chi connectivity index (χ0) is 15.4. The van der Waals surface area contributed by atoms with E-state index in [1.807, 2.05) is 0 Å². The highest BCUT2D eigenvalue weighted by Crippen LogP contribution is 2.30. The Labute approximate surface area is 126 Å². The van der Waals surface area contributed by atoms with E-state index in [1.54, 1.807) is 12.1 Å². The number of hydrogen-bond acceptors (Lipinski definition) is 1. The van der Waals surface area contributed by atoms with E-state index in [9.17, 15) is 13.2 Å². The van der Waals surface area contributed by atoms with Crippen molar-refractivity contribution in [3.8, 4) is 5.75 Å². The second kappa shape index (κ2) is 6.83. The van der Waals surface area contributed by atoms with E-state index in [0.717, 1.165) is 24.8 Å². The first-order valence-electron chi connectivity index (χ1n) is 6.57. The number of ether oxygens (including phenoxy) is 1. The highest BCUT2D eigenvalue weighted by atomic mass is 79.9. The molecule has 1 aromatic rings. The Morgan fingerprint density at radius 2 is 1.65 bits per heavy atom. The van der Waals surface area contributed by atoms with Crippen LogP contribution in [-0.4, -0.2) is 11.2 Å². The zero-order valence-corrected chi connectivity index (χ0v) is 13.5. The van der Waals surface area contributed by atoms with Gasteiger partial charge < -0.3 is 4.74 Å². The van der Waals surface area contributed by atoms with Gasteiger partial charge in [-0.1, -0.05) is 48.8 Å². The lowest BCUT2D eigenvalue weighted by Crippen LogP contribution is -2.20. The fourth-order valence-corrected chi connectivity index (χ4v) is 2.10. The van der Waals surface area contributed by atoms with E-state index in [-0.39, 0.29) is 11.2 Å². The topological polar surface area (TPSA) is 9.23 Å². The summed E-state index contributed by atoms with van der Waals surface area (Å²) < 4.78 is 39.9. The molecular weight excluding hydrogens is 333 g/mol. The Morgan fingerprint density at radius 3 is 2.10 bits per heavy atom. The number of alkyl halides is 4. The number of halogens is 4. The highest BCUT2D eigenvalue weighted by molar-refractivity contribution is 9.09. The molecule has 0 aliphatic rings. The summed E-state index contributed by atoms with van der Waals surface area (Å²) in [5, 5.41) is 0. The Bertz CT molecular complexity index is 407. The molecule has 1 rings (SSSR count). The summed E-state index contributed by atoms with van der Waals surface area (Å²) in [6.07, 6.45) is -1.75. The maximum Gasteiger partial charge on any atom is 0.573 e. The molecule has 1 atom stereocenters. The molecule has 0 N–H and O–H groups in total. The highest BCUT2D eigenvalue weighted by Gasteiger charge is 2.30. The standard InChI is InChI=1S/C15H20BrF3O/c1-14(2,3)13(16)6-4-5-11-7-9-12(10-8-11)20-15(17,18)19/h7-10,13H,4-6H2,1-3H3. The van der Waals surface area contributed by atoms with Crippen molar-refractivity contribution in [3.05, 3.63) is 29.8 Å². The molecule has 0 spiro atoms. The van der Waals surface area contributed by atoms with Crippen molar-refractivity contribution in [3.63, 3.8) is 0 Å². The van der Waals surface area contributed by atoms with Crippen molar-refractivity contribution in [2.45, 2.75) is 51.2 Å². The van der Waals surface area contributed by atoms with E-state index in [2.05, 4.69) is 41.4 Å². The van der Waals surface area contributed by atoms with Crippen molar-refractivity contribution >= 4 is 15.9 Å². The summed E-state index contributed by atoms with van der Waals surface area (Å²) in [5.74, 6) is -0.172. The third-order valence-corrected chi connectivity index (χ3v) is 4.85. The lowest BCUT2D eigenvalue weighted by atomic mass is 9.89. The third kappa shape index (κ3) is 6.64. The van der Waals surface area contributed by atoms with Gasteiger partial charge in [-0.05, 0) is 42.4 Å². The van der Waals surface area contributed by atoms with Gasteiger partial charge >= 0.3 is 6.36 Å². The van der Waals surface area contributed by atoms with Gasteiger partial charge in [0, 0.05) is 4.83 Å². The molecule has 0 aliphatic carbocycles. The number of benzene rings is 1. The maximum absolute atomic E-state index is 12.0. The molecular formula is C15H20BrF3O. The number of hydrogen-bond donors (Lipinski definition) is 0. The molecule has 0 fully saturated rings. The average Bonchev–Trinajstić information content (AvgIpc) is 2.28. The van der Waals surface area contributed by atoms with Crippen LogP contribution in [0.3, 0.4) is 0 Å². The first-order valence-corrected chi connectivity index (χ1v) is 7.48. The Kier molecular flexibility index (Phi) is 5.92. The predicted octanol–water partition coefficient (Wildman–Crippen LogP) is 5.72. The van der Waals surface area contributed by atoms with Crippen LogP contribution in [-0.2, 0) is 6.42 Å². The molecule has 0 aromatic heterocycles. The van der Waals surface area contributed by atoms with Crippen molar-refractivity contribution in [1.29, 1.82) is 0 Å². The van der Waals surface area contributed by atoms with Gasteiger partial charge in [0.1, 0.15) is 5.75 Å². The van der Waals surface area contributed by atoms with E-state index >= 15 is 0 Å². The minimum Gasteiger partial charge on any atom is -0.406 e. The maximum atomic E-state index is 12.0. The molecule has 0 aliphatic heterocycles. The second-order valence-corrected chi connectivity index (χ2v) is 7.02. The van der Waals surface area contributed by atoms with Gasteiger partial charge in [0.15, 0.2) is 0 Å². The summed E-state index contributed by atoms with van der Waals surface area (Å²) in [6, 6.07) is 6.08. The van der Waals surface area contributed by atoms with Crippen LogP contribution < -0.4 is 4.74 Å². The molecule has 0 amide bonds. The molecule has 20 heavy (non-hydrogen) atoms. The monoisotopic (exact) mass is 352 g/mol. The van der Waals surface area contributed by atoms with Gasteiger partial charge in [-0.25, -0.2) is 0 Å². The molecule has 1 nitrogen and oxygen atoms in total. The Balaban J connectivity index is 2.43. The van der Waals surface area contributed by atoms with Crippen LogP contribution in [0.15, 0.2) is 24.3 Å². The lowest BCUT2D eigenvalue weighted by molar-refractivity contribution is -0.274. The fourth-order valence-electron chi connectivity index (χ4n) is 1.78. The first kappa shape index (κ1) is 17.3. The Morgan fingerprint density at radius 1 is 1.10 bits per heavy atom. The largest absolute Gasteiger partial charge is 0.573 e. The third-order valence-electron chi connectivity index (χ3n) is 3.02.